The molecule has 2 aromatic carbocycles. The summed E-state index contributed by atoms with van der Waals surface area (Å²) in [5.41, 5.74) is 6.90. The van der Waals surface area contributed by atoms with E-state index in [4.69, 9.17) is 19.9 Å². The van der Waals surface area contributed by atoms with E-state index in [1.165, 1.54) is 10.6 Å². The van der Waals surface area contributed by atoms with Crippen LogP contribution in [0.3, 0.4) is 0 Å². The lowest BCUT2D eigenvalue weighted by molar-refractivity contribution is -0.671. The van der Waals surface area contributed by atoms with Gasteiger partial charge in [-0.05, 0) is 117 Å². The molecule has 416 valence electrons. The number of amides is 5. The maximum Gasteiger partial charge on any atom is 0.308 e. The lowest BCUT2D eigenvalue weighted by Gasteiger charge is -2.28. The third-order valence-electron chi connectivity index (χ3n) is 11.6. The van der Waals surface area contributed by atoms with Crippen molar-refractivity contribution in [1.82, 2.24) is 26.6 Å². The highest BCUT2D eigenvalue weighted by atomic mass is 32.2. The number of nitrogens with one attached hydrogen (secondary N) is 5. The Morgan fingerprint density at radius 1 is 0.658 bits per heavy atom. The molecule has 0 spiro atoms. The second kappa shape index (κ2) is 28.0. The quantitative estimate of drug-likeness (QED) is 0.0266. The number of nitrogens with zero attached hydrogens (tertiary/aromatic N) is 2. The first-order valence-corrected chi connectivity index (χ1v) is 26.8. The maximum absolute atomic E-state index is 14.0. The molecule has 7 N–H and O–H groups in total. The van der Waals surface area contributed by atoms with Crippen molar-refractivity contribution >= 4 is 81.9 Å². The molecule has 0 aliphatic carbocycles. The number of unbranched alkanes of at least 4 members (excludes halogenated alkanes) is 2. The van der Waals surface area contributed by atoms with Gasteiger partial charge in [0.2, 0.25) is 35.1 Å². The number of para-hydroxylation sites is 2. The topological polar surface area (TPSA) is 258 Å². The molecule has 0 saturated heterocycles. The van der Waals surface area contributed by atoms with Crippen LogP contribution in [-0.2, 0) is 59.1 Å². The number of anilines is 1. The van der Waals surface area contributed by atoms with E-state index in [-0.39, 0.29) is 38.3 Å². The first kappa shape index (κ1) is 62.0. The third kappa shape index (κ3) is 20.9. The number of ether oxygens (including phenoxy) is 3. The normalized spacial score (nSPS) is 14.7. The minimum absolute atomic E-state index is 0.0248. The van der Waals surface area contributed by atoms with Gasteiger partial charge in [0, 0.05) is 56.4 Å². The highest BCUT2D eigenvalue weighted by molar-refractivity contribution is 8.03. The van der Waals surface area contributed by atoms with E-state index >= 15 is 0 Å². The zero-order chi connectivity index (χ0) is 56.5. The number of fused-ring (bicyclic) bond motifs is 2. The highest BCUT2D eigenvalue weighted by Crippen LogP contribution is 2.45. The largest absolute Gasteiger partial charge is 0.460 e. The van der Waals surface area contributed by atoms with E-state index in [2.05, 4.69) is 97.8 Å². The van der Waals surface area contributed by atoms with Gasteiger partial charge in [-0.2, -0.15) is 4.57 Å². The Morgan fingerprint density at radius 3 is 1.89 bits per heavy atom. The molecule has 1 aliphatic rings. The number of hydrogen-bond acceptors (Lipinski definition) is 14. The molecule has 1 aromatic heterocycles. The zero-order valence-electron chi connectivity index (χ0n) is 46.4. The summed E-state index contributed by atoms with van der Waals surface area (Å²) in [5, 5.41) is 15.5. The first-order valence-electron chi connectivity index (χ1n) is 26.0. The molecular weight excluding hydrogens is 993 g/mol. The molecule has 3 aromatic rings. The Balaban J connectivity index is 1.32. The Morgan fingerprint density at radius 2 is 1.25 bits per heavy atom. The number of aryl methyl sites for hydroxylation is 1. The minimum atomic E-state index is -1.46. The average molecular weight is 1070 g/mol. The number of esters is 3. The molecule has 0 radical (unpaired) electrons. The monoisotopic (exact) mass is 1070 g/mol. The number of carbonyl (C=O) groups is 8. The van der Waals surface area contributed by atoms with E-state index in [0.717, 1.165) is 40.9 Å². The van der Waals surface area contributed by atoms with E-state index < -0.39 is 101 Å². The zero-order valence-corrected chi connectivity index (χ0v) is 47.2. The summed E-state index contributed by atoms with van der Waals surface area (Å²) in [7, 11) is 2.09. The number of hydrogen-bond donors (Lipinski definition) is 6. The Bertz CT molecular complexity index is 2580. The molecule has 1 aliphatic heterocycles. The SMILES string of the molecule is CC(C)[C@H](NC(=O)[C@H](CCC(=O)OC(C)(C)C)NC(=O)[C@@H](N)CC(=O)OC(C)(C)C)C(=O)NC(CC(=O)OC(C)(C)C)C(=O)NCCNC(=O)CCCCC[n+]1ccc(/C=C2\Sc3ccccc3N2C)c2ccccc21. The second-order valence-corrected chi connectivity index (χ2v) is 23.3. The van der Waals surface area contributed by atoms with Crippen LogP contribution >= 0.6 is 11.8 Å². The molecular formula is C56H81N8O11S+. The van der Waals surface area contributed by atoms with Gasteiger partial charge in [0.1, 0.15) is 41.5 Å². The predicted molar refractivity (Wildman–Crippen MR) is 292 cm³/mol. The molecule has 20 heteroatoms. The van der Waals surface area contributed by atoms with E-state index in [0.29, 0.717) is 6.42 Å². The van der Waals surface area contributed by atoms with Crippen molar-refractivity contribution in [1.29, 1.82) is 0 Å². The molecule has 0 bridgehead atoms. The molecule has 19 nitrogen and oxygen atoms in total. The Hall–Kier alpha value is -6.54. The van der Waals surface area contributed by atoms with Crippen LogP contribution in [0, 0.1) is 5.92 Å². The van der Waals surface area contributed by atoms with Crippen LogP contribution in [0.1, 0.15) is 133 Å². The van der Waals surface area contributed by atoms with Crippen LogP contribution < -0.4 is 41.8 Å². The van der Waals surface area contributed by atoms with Crippen molar-refractivity contribution in [3.63, 3.8) is 0 Å². The number of benzene rings is 2. The van der Waals surface area contributed by atoms with Crippen LogP contribution in [0.15, 0.2) is 70.7 Å². The third-order valence-corrected chi connectivity index (χ3v) is 12.7. The molecule has 76 heavy (non-hydrogen) atoms. The van der Waals surface area contributed by atoms with Crippen molar-refractivity contribution < 1.29 is 57.1 Å². The smallest absolute Gasteiger partial charge is 0.308 e. The molecule has 1 unspecified atom stereocenters. The van der Waals surface area contributed by atoms with Gasteiger partial charge in [0.25, 0.3) is 0 Å². The predicted octanol–water partition coefficient (Wildman–Crippen LogP) is 5.48. The lowest BCUT2D eigenvalue weighted by Crippen LogP contribution is -2.59. The summed E-state index contributed by atoms with van der Waals surface area (Å²) in [4.78, 5) is 109. The average Bonchev–Trinajstić information content (AvgIpc) is 3.62. The van der Waals surface area contributed by atoms with Gasteiger partial charge in [-0.15, -0.1) is 0 Å². The van der Waals surface area contributed by atoms with Crippen molar-refractivity contribution in [3.8, 4) is 0 Å². The van der Waals surface area contributed by atoms with Crippen LogP contribution in [-0.4, -0.2) is 109 Å². The van der Waals surface area contributed by atoms with Crippen LogP contribution in [0.4, 0.5) is 5.69 Å². The van der Waals surface area contributed by atoms with Crippen molar-refractivity contribution in [2.75, 3.05) is 25.0 Å². The summed E-state index contributed by atoms with van der Waals surface area (Å²) in [6.07, 6.45) is 5.30. The molecule has 0 saturated carbocycles. The van der Waals surface area contributed by atoms with E-state index in [1.54, 1.807) is 87.9 Å². The molecule has 4 atom stereocenters. The van der Waals surface area contributed by atoms with Crippen molar-refractivity contribution in [2.24, 2.45) is 11.7 Å². The van der Waals surface area contributed by atoms with Crippen LogP contribution in [0.5, 0.6) is 0 Å². The second-order valence-electron chi connectivity index (χ2n) is 22.2. The highest BCUT2D eigenvalue weighted by Gasteiger charge is 2.35. The Labute approximate surface area is 451 Å². The fourth-order valence-corrected chi connectivity index (χ4v) is 9.12. The maximum atomic E-state index is 14.0. The first-order chi connectivity index (χ1) is 35.5. The molecule has 4 rings (SSSR count). The van der Waals surface area contributed by atoms with Gasteiger partial charge >= 0.3 is 17.9 Å². The van der Waals surface area contributed by atoms with Gasteiger partial charge in [0.15, 0.2) is 6.20 Å². The Kier molecular flexibility index (Phi) is 22.9. The molecule has 0 fully saturated rings. The summed E-state index contributed by atoms with van der Waals surface area (Å²) < 4.78 is 18.4. The summed E-state index contributed by atoms with van der Waals surface area (Å²) in [6.45, 7) is 19.0. The van der Waals surface area contributed by atoms with Gasteiger partial charge in [-0.25, -0.2) is 0 Å². The van der Waals surface area contributed by atoms with Gasteiger partial charge in [-0.1, -0.05) is 49.9 Å². The number of pyridine rings is 1. The number of aromatic nitrogens is 1. The van der Waals surface area contributed by atoms with Crippen molar-refractivity contribution in [2.45, 2.75) is 180 Å². The number of rotatable bonds is 25. The van der Waals surface area contributed by atoms with Gasteiger partial charge < -0.3 is 51.4 Å². The van der Waals surface area contributed by atoms with Crippen LogP contribution in [0.2, 0.25) is 0 Å². The minimum Gasteiger partial charge on any atom is -0.460 e. The fourth-order valence-electron chi connectivity index (χ4n) is 8.02. The standard InChI is InChI=1S/C56H80N8O11S/c1-35(2)49(62-52(71)39(25-26-46(66)73-54(3,4)5)60-50(69)38(57)33-47(67)74-55(6,7)8)53(72)61-40(34-48(68)75-56(9,10)11)51(70)59-29-28-58-44(65)24-14-13-19-30-64-31-27-36(37-20-15-16-21-41(37)64)32-45-63(12)42-22-17-18-23-43(42)76-45/h15-18,20-23,27,31-32,35,38-40,49H,13-14,19,24-26,28-30,33-34,57H2,1-12H3,(H4-,58,59,60,61,62,65,69,70,71,72)/p+1/t38-,39-,40?,49-/m0/s1. The van der Waals surface area contributed by atoms with Crippen LogP contribution in [0.25, 0.3) is 17.0 Å². The summed E-state index contributed by atoms with van der Waals surface area (Å²) >= 11 is 1.76. The number of carbonyl (C=O) groups excluding carboxylic acids is 8. The van der Waals surface area contributed by atoms with Gasteiger partial charge in [-0.3, -0.25) is 38.4 Å². The summed E-state index contributed by atoms with van der Waals surface area (Å²) in [5.74, 6) is -6.31. The lowest BCUT2D eigenvalue weighted by atomic mass is 10.0. The molecule has 2 heterocycles. The van der Waals surface area contributed by atoms with Crippen molar-refractivity contribution in [3.05, 3.63) is 71.4 Å². The van der Waals surface area contributed by atoms with Gasteiger partial charge in [0.05, 0.1) is 35.0 Å². The summed E-state index contributed by atoms with van der Waals surface area (Å²) in [6, 6.07) is 13.2. The molecule has 5 amide bonds. The number of thioether (sulfide) groups is 1. The van der Waals surface area contributed by atoms with E-state index in [9.17, 15) is 38.4 Å². The number of nitrogens with two attached hydrogens (primary N) is 1. The fraction of sp³-hybridized carbons (Fsp3) is 0.554. The van der Waals surface area contributed by atoms with E-state index in [1.807, 2.05) is 12.1 Å².